The normalized spacial score (nSPS) is 13.0. The molecule has 0 aliphatic carbocycles. The number of rotatable bonds is 6. The molecule has 2 amide bonds. The standard InChI is InChI=1S/C22H26N2O4/c1-23(22(27)28-16-17-6-3-2-4-7-17)12-5-8-21(26)24-13-11-18-9-10-20(25)14-19(18)15-24/h2-4,6-7,9-10,14,25H,5,8,11-13,15-16H2,1H3. The van der Waals surface area contributed by atoms with Gasteiger partial charge in [-0.05, 0) is 41.7 Å². The van der Waals surface area contributed by atoms with Crippen LogP contribution in [0, 0.1) is 0 Å². The van der Waals surface area contributed by atoms with Gasteiger partial charge >= 0.3 is 6.09 Å². The second kappa shape index (κ2) is 9.26. The van der Waals surface area contributed by atoms with Gasteiger partial charge in [0, 0.05) is 33.1 Å². The van der Waals surface area contributed by atoms with Crippen molar-refractivity contribution in [2.24, 2.45) is 0 Å². The third-order valence-corrected chi connectivity index (χ3v) is 4.96. The Morgan fingerprint density at radius 1 is 1.14 bits per heavy atom. The van der Waals surface area contributed by atoms with Crippen molar-refractivity contribution in [2.75, 3.05) is 20.1 Å². The lowest BCUT2D eigenvalue weighted by atomic mass is 9.99. The van der Waals surface area contributed by atoms with E-state index in [1.807, 2.05) is 41.3 Å². The molecule has 0 saturated heterocycles. The Morgan fingerprint density at radius 2 is 1.93 bits per heavy atom. The van der Waals surface area contributed by atoms with E-state index in [9.17, 15) is 14.7 Å². The second-order valence-electron chi connectivity index (χ2n) is 7.08. The molecule has 3 rings (SSSR count). The highest BCUT2D eigenvalue weighted by atomic mass is 16.6. The molecule has 0 fully saturated rings. The summed E-state index contributed by atoms with van der Waals surface area (Å²) in [5.74, 6) is 0.295. The molecule has 2 aromatic rings. The maximum atomic E-state index is 12.5. The van der Waals surface area contributed by atoms with E-state index in [2.05, 4.69) is 0 Å². The van der Waals surface area contributed by atoms with Crippen molar-refractivity contribution in [3.63, 3.8) is 0 Å². The molecule has 0 radical (unpaired) electrons. The van der Waals surface area contributed by atoms with Crippen LogP contribution >= 0.6 is 0 Å². The van der Waals surface area contributed by atoms with Gasteiger partial charge in [-0.25, -0.2) is 4.79 Å². The van der Waals surface area contributed by atoms with Gasteiger partial charge < -0.3 is 19.6 Å². The van der Waals surface area contributed by atoms with E-state index in [0.717, 1.165) is 17.5 Å². The highest BCUT2D eigenvalue weighted by Crippen LogP contribution is 2.23. The van der Waals surface area contributed by atoms with E-state index < -0.39 is 6.09 Å². The van der Waals surface area contributed by atoms with Crippen molar-refractivity contribution in [1.82, 2.24) is 9.80 Å². The van der Waals surface area contributed by atoms with Crippen LogP contribution < -0.4 is 0 Å². The number of phenolic OH excluding ortho intramolecular Hbond substituents is 1. The van der Waals surface area contributed by atoms with Gasteiger partial charge in [-0.2, -0.15) is 0 Å². The van der Waals surface area contributed by atoms with E-state index >= 15 is 0 Å². The zero-order valence-electron chi connectivity index (χ0n) is 16.1. The van der Waals surface area contributed by atoms with Crippen LogP contribution in [0.2, 0.25) is 0 Å². The molecule has 1 N–H and O–H groups in total. The number of aromatic hydroxyl groups is 1. The fourth-order valence-corrected chi connectivity index (χ4v) is 3.30. The summed E-state index contributed by atoms with van der Waals surface area (Å²) in [6.45, 7) is 1.91. The van der Waals surface area contributed by atoms with Crippen LogP contribution in [0.3, 0.4) is 0 Å². The van der Waals surface area contributed by atoms with Crippen molar-refractivity contribution < 1.29 is 19.4 Å². The lowest BCUT2D eigenvalue weighted by Gasteiger charge is -2.29. The quantitative estimate of drug-likeness (QED) is 0.832. The summed E-state index contributed by atoms with van der Waals surface area (Å²) in [5, 5.41) is 9.63. The molecule has 0 aromatic heterocycles. The minimum atomic E-state index is -0.390. The molecular formula is C22H26N2O4. The first-order valence-corrected chi connectivity index (χ1v) is 9.53. The highest BCUT2D eigenvalue weighted by molar-refractivity contribution is 5.76. The Hall–Kier alpha value is -3.02. The molecule has 1 heterocycles. The van der Waals surface area contributed by atoms with E-state index in [1.54, 1.807) is 19.2 Å². The van der Waals surface area contributed by atoms with Crippen molar-refractivity contribution in [1.29, 1.82) is 0 Å². The first-order chi connectivity index (χ1) is 13.5. The van der Waals surface area contributed by atoms with Gasteiger partial charge in [-0.3, -0.25) is 4.79 Å². The zero-order chi connectivity index (χ0) is 19.9. The monoisotopic (exact) mass is 382 g/mol. The van der Waals surface area contributed by atoms with Crippen molar-refractivity contribution in [3.8, 4) is 5.75 Å². The predicted molar refractivity (Wildman–Crippen MR) is 106 cm³/mol. The average molecular weight is 382 g/mol. The molecule has 28 heavy (non-hydrogen) atoms. The van der Waals surface area contributed by atoms with Crippen LogP contribution in [0.25, 0.3) is 0 Å². The van der Waals surface area contributed by atoms with E-state index in [4.69, 9.17) is 4.74 Å². The molecule has 0 atom stereocenters. The van der Waals surface area contributed by atoms with Gasteiger partial charge in [0.2, 0.25) is 5.91 Å². The van der Waals surface area contributed by atoms with E-state index in [-0.39, 0.29) is 18.3 Å². The number of phenols is 1. The number of hydrogen-bond acceptors (Lipinski definition) is 4. The Morgan fingerprint density at radius 3 is 2.71 bits per heavy atom. The van der Waals surface area contributed by atoms with E-state index in [0.29, 0.717) is 32.5 Å². The highest BCUT2D eigenvalue weighted by Gasteiger charge is 2.21. The lowest BCUT2D eigenvalue weighted by Crippen LogP contribution is -2.36. The van der Waals surface area contributed by atoms with Crippen molar-refractivity contribution in [2.45, 2.75) is 32.4 Å². The first kappa shape index (κ1) is 19.7. The summed E-state index contributed by atoms with van der Waals surface area (Å²) in [5.41, 5.74) is 3.12. The molecule has 1 aliphatic heterocycles. The van der Waals surface area contributed by atoms with Gasteiger partial charge in [0.05, 0.1) is 0 Å². The maximum absolute atomic E-state index is 12.5. The molecule has 2 aromatic carbocycles. The maximum Gasteiger partial charge on any atom is 0.409 e. The van der Waals surface area contributed by atoms with Crippen LogP contribution in [0.4, 0.5) is 4.79 Å². The van der Waals surface area contributed by atoms with Crippen LogP contribution in [0.1, 0.15) is 29.5 Å². The Labute approximate surface area is 165 Å². The number of fused-ring (bicyclic) bond motifs is 1. The SMILES string of the molecule is CN(CCCC(=O)N1CCc2ccc(O)cc2C1)C(=O)OCc1ccccc1. The molecule has 0 saturated carbocycles. The van der Waals surface area contributed by atoms with Gasteiger partial charge in [0.1, 0.15) is 12.4 Å². The van der Waals surface area contributed by atoms with Crippen molar-refractivity contribution in [3.05, 3.63) is 65.2 Å². The third-order valence-electron chi connectivity index (χ3n) is 4.96. The Bertz CT molecular complexity index is 823. The van der Waals surface area contributed by atoms with Gasteiger partial charge in [0.15, 0.2) is 0 Å². The van der Waals surface area contributed by atoms with Gasteiger partial charge in [-0.15, -0.1) is 0 Å². The lowest BCUT2D eigenvalue weighted by molar-refractivity contribution is -0.132. The fraction of sp³-hybridized carbons (Fsp3) is 0.364. The predicted octanol–water partition coefficient (Wildman–Crippen LogP) is 3.33. The molecule has 0 spiro atoms. The molecule has 6 nitrogen and oxygen atoms in total. The molecule has 148 valence electrons. The summed E-state index contributed by atoms with van der Waals surface area (Å²) in [6.07, 6.45) is 1.37. The summed E-state index contributed by atoms with van der Waals surface area (Å²) in [6, 6.07) is 14.9. The van der Waals surface area contributed by atoms with Crippen LogP contribution in [-0.4, -0.2) is 47.0 Å². The number of ether oxygens (including phenoxy) is 1. The number of carbonyl (C=O) groups is 2. The van der Waals surface area contributed by atoms with Crippen molar-refractivity contribution >= 4 is 12.0 Å². The largest absolute Gasteiger partial charge is 0.508 e. The summed E-state index contributed by atoms with van der Waals surface area (Å²) < 4.78 is 5.28. The zero-order valence-corrected chi connectivity index (χ0v) is 16.1. The molecule has 0 bridgehead atoms. The van der Waals surface area contributed by atoms with E-state index in [1.165, 1.54) is 10.5 Å². The Kier molecular flexibility index (Phi) is 6.53. The second-order valence-corrected chi connectivity index (χ2v) is 7.08. The third kappa shape index (κ3) is 5.25. The van der Waals surface area contributed by atoms with Gasteiger partial charge in [-0.1, -0.05) is 36.4 Å². The number of hydrogen-bond donors (Lipinski definition) is 1. The minimum absolute atomic E-state index is 0.0695. The first-order valence-electron chi connectivity index (χ1n) is 9.53. The summed E-state index contributed by atoms with van der Waals surface area (Å²) >= 11 is 0. The molecule has 6 heteroatoms. The summed E-state index contributed by atoms with van der Waals surface area (Å²) in [4.78, 5) is 27.8. The number of amides is 2. The Balaban J connectivity index is 1.39. The van der Waals surface area contributed by atoms with Crippen LogP contribution in [0.5, 0.6) is 5.75 Å². The topological polar surface area (TPSA) is 70.1 Å². The average Bonchev–Trinajstić information content (AvgIpc) is 2.71. The fourth-order valence-electron chi connectivity index (χ4n) is 3.30. The number of carbonyl (C=O) groups excluding carboxylic acids is 2. The minimum Gasteiger partial charge on any atom is -0.508 e. The van der Waals surface area contributed by atoms with Gasteiger partial charge in [0.25, 0.3) is 0 Å². The molecule has 0 unspecified atom stereocenters. The smallest absolute Gasteiger partial charge is 0.409 e. The molecular weight excluding hydrogens is 356 g/mol. The number of benzene rings is 2. The molecule has 1 aliphatic rings. The summed E-state index contributed by atoms with van der Waals surface area (Å²) in [7, 11) is 1.68. The van der Waals surface area contributed by atoms with Crippen LogP contribution in [0.15, 0.2) is 48.5 Å². The van der Waals surface area contributed by atoms with Crippen LogP contribution in [-0.2, 0) is 29.1 Å². The number of nitrogens with zero attached hydrogens (tertiary/aromatic N) is 2.